The summed E-state index contributed by atoms with van der Waals surface area (Å²) in [5.74, 6) is 0.298. The number of pyridine rings is 1. The molecule has 118 valence electrons. The molecule has 0 radical (unpaired) electrons. The first-order valence-corrected chi connectivity index (χ1v) is 8.06. The second-order valence-corrected chi connectivity index (χ2v) is 6.00. The lowest BCUT2D eigenvalue weighted by molar-refractivity contribution is 0.0949. The van der Waals surface area contributed by atoms with Crippen LogP contribution < -0.4 is 5.73 Å². The van der Waals surface area contributed by atoms with Crippen LogP contribution in [-0.4, -0.2) is 25.7 Å². The Morgan fingerprint density at radius 1 is 1.39 bits per heavy atom. The molecule has 0 amide bonds. The number of nitrogens with two attached hydrogens (primary N) is 1. The van der Waals surface area contributed by atoms with Crippen LogP contribution in [0.4, 0.5) is 5.82 Å². The van der Waals surface area contributed by atoms with Gasteiger partial charge < -0.3 is 10.7 Å². The zero-order valence-corrected chi connectivity index (χ0v) is 13.1. The smallest absolute Gasteiger partial charge is 0.280 e. The van der Waals surface area contributed by atoms with Crippen molar-refractivity contribution in [2.24, 2.45) is 0 Å². The second-order valence-electron chi connectivity index (χ2n) is 6.00. The van der Waals surface area contributed by atoms with E-state index >= 15 is 0 Å². The number of carbonyl (C=O) groups is 1. The molecule has 1 aliphatic rings. The third kappa shape index (κ3) is 2.13. The summed E-state index contributed by atoms with van der Waals surface area (Å²) < 4.78 is 1.36. The maximum Gasteiger partial charge on any atom is 0.280 e. The Hall–Kier alpha value is -2.63. The van der Waals surface area contributed by atoms with Crippen molar-refractivity contribution in [2.45, 2.75) is 39.0 Å². The normalized spacial score (nSPS) is 14.1. The quantitative estimate of drug-likeness (QED) is 0.761. The lowest BCUT2D eigenvalue weighted by atomic mass is 9.98. The van der Waals surface area contributed by atoms with Crippen LogP contribution in [0, 0.1) is 0 Å². The summed E-state index contributed by atoms with van der Waals surface area (Å²) in [6.07, 6.45) is 6.52. The number of hydrogen-bond donors (Lipinski definition) is 2. The van der Waals surface area contributed by atoms with E-state index < -0.39 is 0 Å². The molecular weight excluding hydrogens is 290 g/mol. The van der Waals surface area contributed by atoms with Gasteiger partial charge in [0, 0.05) is 22.8 Å². The Balaban J connectivity index is 1.83. The fourth-order valence-electron chi connectivity index (χ4n) is 3.31. The molecule has 0 bridgehead atoms. The van der Waals surface area contributed by atoms with E-state index in [1.165, 1.54) is 4.68 Å². The van der Waals surface area contributed by atoms with Gasteiger partial charge in [0.15, 0.2) is 0 Å². The van der Waals surface area contributed by atoms with Gasteiger partial charge in [-0.1, -0.05) is 6.92 Å². The molecule has 0 spiro atoms. The van der Waals surface area contributed by atoms with Crippen molar-refractivity contribution in [1.29, 1.82) is 0 Å². The molecule has 1 aliphatic carbocycles. The molecule has 0 unspecified atom stereocenters. The first-order valence-electron chi connectivity index (χ1n) is 8.06. The van der Waals surface area contributed by atoms with E-state index in [0.29, 0.717) is 11.4 Å². The van der Waals surface area contributed by atoms with Crippen molar-refractivity contribution in [1.82, 2.24) is 19.7 Å². The van der Waals surface area contributed by atoms with Gasteiger partial charge in [-0.15, -0.1) is 0 Å². The zero-order valence-electron chi connectivity index (χ0n) is 13.1. The minimum Gasteiger partial charge on any atom is -0.383 e. The summed E-state index contributed by atoms with van der Waals surface area (Å²) in [5, 5.41) is 5.29. The van der Waals surface area contributed by atoms with Gasteiger partial charge in [0.1, 0.15) is 11.5 Å². The molecular formula is C17H19N5O. The van der Waals surface area contributed by atoms with Gasteiger partial charge in [0.2, 0.25) is 0 Å². The lowest BCUT2D eigenvalue weighted by Gasteiger charge is -2.08. The average Bonchev–Trinajstić information content (AvgIpc) is 3.15. The van der Waals surface area contributed by atoms with Crippen molar-refractivity contribution in [2.75, 3.05) is 5.73 Å². The minimum absolute atomic E-state index is 0.189. The Morgan fingerprint density at radius 2 is 2.22 bits per heavy atom. The van der Waals surface area contributed by atoms with E-state index in [9.17, 15) is 4.79 Å². The predicted molar refractivity (Wildman–Crippen MR) is 88.5 cm³/mol. The first kappa shape index (κ1) is 14.0. The monoisotopic (exact) mass is 309 g/mol. The first-order chi connectivity index (χ1) is 11.2. The van der Waals surface area contributed by atoms with Crippen molar-refractivity contribution in [3.05, 3.63) is 40.8 Å². The van der Waals surface area contributed by atoms with Gasteiger partial charge in [-0.05, 0) is 44.2 Å². The number of nitrogens with one attached hydrogen (secondary N) is 1. The fourth-order valence-corrected chi connectivity index (χ4v) is 3.31. The number of nitrogens with zero attached hydrogens (tertiary/aromatic N) is 3. The molecule has 6 heteroatoms. The molecule has 0 saturated heterocycles. The van der Waals surface area contributed by atoms with E-state index in [1.54, 1.807) is 12.3 Å². The predicted octanol–water partition coefficient (Wildman–Crippen LogP) is 2.47. The second kappa shape index (κ2) is 5.22. The molecule has 3 aromatic rings. The summed E-state index contributed by atoms with van der Waals surface area (Å²) in [4.78, 5) is 20.5. The molecule has 3 heterocycles. The van der Waals surface area contributed by atoms with Crippen molar-refractivity contribution in [3.63, 3.8) is 0 Å². The number of anilines is 1. The standard InChI is InChI=1S/C17H19N5O/c1-2-10-9-13-11(7-8-19-16(13)20-10)17(23)22-15(18)12-5-3-4-6-14(12)21-22/h7-9H,2-6,18H2,1H3,(H,19,20). The maximum absolute atomic E-state index is 13.0. The van der Waals surface area contributed by atoms with Gasteiger partial charge in [-0.25, -0.2) is 4.98 Å². The highest BCUT2D eigenvalue weighted by Crippen LogP contribution is 2.27. The molecule has 0 aliphatic heterocycles. The Kier molecular flexibility index (Phi) is 3.18. The molecule has 0 aromatic carbocycles. The molecule has 6 nitrogen and oxygen atoms in total. The molecule has 0 saturated carbocycles. The summed E-state index contributed by atoms with van der Waals surface area (Å²) >= 11 is 0. The number of carbonyl (C=O) groups excluding carboxylic acids is 1. The van der Waals surface area contributed by atoms with Crippen LogP contribution in [0.15, 0.2) is 18.3 Å². The van der Waals surface area contributed by atoms with E-state index in [2.05, 4.69) is 22.0 Å². The van der Waals surface area contributed by atoms with Crippen molar-refractivity contribution >= 4 is 22.8 Å². The van der Waals surface area contributed by atoms with Crippen molar-refractivity contribution in [3.8, 4) is 0 Å². The number of H-pyrrole nitrogens is 1. The van der Waals surface area contributed by atoms with Crippen LogP contribution in [0.3, 0.4) is 0 Å². The molecule has 0 fully saturated rings. The van der Waals surface area contributed by atoms with Gasteiger partial charge in [0.05, 0.1) is 11.3 Å². The number of fused-ring (bicyclic) bond motifs is 2. The molecule has 23 heavy (non-hydrogen) atoms. The third-order valence-corrected chi connectivity index (χ3v) is 4.59. The summed E-state index contributed by atoms with van der Waals surface area (Å²) in [7, 11) is 0. The van der Waals surface area contributed by atoms with Crippen LogP contribution in [0.25, 0.3) is 11.0 Å². The van der Waals surface area contributed by atoms with E-state index in [0.717, 1.165) is 60.1 Å². The van der Waals surface area contributed by atoms with Gasteiger partial charge in [-0.3, -0.25) is 4.79 Å². The largest absolute Gasteiger partial charge is 0.383 e. The van der Waals surface area contributed by atoms with Crippen molar-refractivity contribution < 1.29 is 4.79 Å². The summed E-state index contributed by atoms with van der Waals surface area (Å²) in [6, 6.07) is 3.72. The van der Waals surface area contributed by atoms with Crippen LogP contribution >= 0.6 is 0 Å². The third-order valence-electron chi connectivity index (χ3n) is 4.59. The topological polar surface area (TPSA) is 89.6 Å². The van der Waals surface area contributed by atoms with E-state index in [1.807, 2.05) is 6.07 Å². The van der Waals surface area contributed by atoms with Crippen LogP contribution in [0.1, 0.15) is 47.1 Å². The highest BCUT2D eigenvalue weighted by atomic mass is 16.2. The number of aromatic amines is 1. The van der Waals surface area contributed by atoms with Gasteiger partial charge in [0.25, 0.3) is 5.91 Å². The van der Waals surface area contributed by atoms with E-state index in [4.69, 9.17) is 5.73 Å². The van der Waals surface area contributed by atoms with Gasteiger partial charge in [-0.2, -0.15) is 9.78 Å². The Labute approximate surface area is 133 Å². The molecule has 3 aromatic heterocycles. The highest BCUT2D eigenvalue weighted by Gasteiger charge is 2.24. The fraction of sp³-hybridized carbons (Fsp3) is 0.353. The number of nitrogen functional groups attached to an aromatic ring is 1. The Bertz CT molecular complexity index is 905. The number of aromatic nitrogens is 4. The maximum atomic E-state index is 13.0. The zero-order chi connectivity index (χ0) is 16.0. The number of aryl methyl sites for hydroxylation is 2. The number of rotatable bonds is 2. The lowest BCUT2D eigenvalue weighted by Crippen LogP contribution is -2.17. The van der Waals surface area contributed by atoms with Crippen LogP contribution in [0.2, 0.25) is 0 Å². The van der Waals surface area contributed by atoms with Crippen LogP contribution in [-0.2, 0) is 19.3 Å². The molecule has 3 N–H and O–H groups in total. The van der Waals surface area contributed by atoms with Gasteiger partial charge >= 0.3 is 0 Å². The molecule has 4 rings (SSSR count). The highest BCUT2D eigenvalue weighted by molar-refractivity contribution is 6.07. The SMILES string of the molecule is CCc1cc2c(C(=O)n3nc4c(c3N)CCCC4)ccnc2[nH]1. The Morgan fingerprint density at radius 3 is 3.00 bits per heavy atom. The van der Waals surface area contributed by atoms with E-state index in [-0.39, 0.29) is 5.91 Å². The average molecular weight is 309 g/mol. The van der Waals surface area contributed by atoms with Crippen LogP contribution in [0.5, 0.6) is 0 Å². The summed E-state index contributed by atoms with van der Waals surface area (Å²) in [6.45, 7) is 2.06. The minimum atomic E-state index is -0.189. The molecule has 0 atom stereocenters. The summed E-state index contributed by atoms with van der Waals surface area (Å²) in [5.41, 5.74) is 10.6. The number of hydrogen-bond acceptors (Lipinski definition) is 4.